The summed E-state index contributed by atoms with van der Waals surface area (Å²) in [5, 5.41) is 8.54. The first kappa shape index (κ1) is 15.6. The van der Waals surface area contributed by atoms with Crippen LogP contribution in [0.15, 0.2) is 23.4 Å². The van der Waals surface area contributed by atoms with Crippen LogP contribution in [0, 0.1) is 5.41 Å². The molecule has 1 aromatic rings. The van der Waals surface area contributed by atoms with E-state index in [2.05, 4.69) is 9.71 Å². The second kappa shape index (κ2) is 5.66. The number of hydrogen-bond acceptors (Lipinski definition) is 4. The number of pyridine rings is 1. The lowest BCUT2D eigenvalue weighted by Crippen LogP contribution is -2.34. The van der Waals surface area contributed by atoms with Gasteiger partial charge in [0.25, 0.3) is 10.0 Å². The van der Waals surface area contributed by atoms with Crippen LogP contribution in [0.25, 0.3) is 0 Å². The summed E-state index contributed by atoms with van der Waals surface area (Å²) in [6, 6.07) is 2.40. The predicted molar refractivity (Wildman–Crippen MR) is 70.5 cm³/mol. The summed E-state index contributed by atoms with van der Waals surface area (Å²) in [6.45, 7) is 6.19. The third kappa shape index (κ3) is 4.29. The largest absolute Gasteiger partial charge is 0.478 e. The molecule has 0 spiro atoms. The van der Waals surface area contributed by atoms with E-state index in [4.69, 9.17) is 5.11 Å². The molecule has 0 fully saturated rings. The van der Waals surface area contributed by atoms with Crippen LogP contribution in [0.5, 0.6) is 0 Å². The summed E-state index contributed by atoms with van der Waals surface area (Å²) in [7, 11) is -3.70. The van der Waals surface area contributed by atoms with E-state index in [9.17, 15) is 13.2 Å². The van der Waals surface area contributed by atoms with Gasteiger partial charge in [-0.2, -0.15) is 0 Å². The minimum Gasteiger partial charge on any atom is -0.478 e. The lowest BCUT2D eigenvalue weighted by molar-refractivity contribution is 0.0696. The minimum absolute atomic E-state index is 0.0483. The highest BCUT2D eigenvalue weighted by Crippen LogP contribution is 2.19. The lowest BCUT2D eigenvalue weighted by Gasteiger charge is -2.22. The molecule has 0 amide bonds. The van der Waals surface area contributed by atoms with Crippen molar-refractivity contribution in [1.82, 2.24) is 9.71 Å². The number of hydrogen-bond donors (Lipinski definition) is 2. The first-order valence-corrected chi connectivity index (χ1v) is 7.35. The number of carboxylic acid groups (broad SMARTS) is 1. The number of aromatic nitrogens is 1. The Hall–Kier alpha value is -1.47. The van der Waals surface area contributed by atoms with Gasteiger partial charge in [-0.3, -0.25) is 0 Å². The van der Waals surface area contributed by atoms with Gasteiger partial charge in [-0.05, 0) is 24.0 Å². The van der Waals surface area contributed by atoms with E-state index in [0.29, 0.717) is 6.54 Å². The summed E-state index contributed by atoms with van der Waals surface area (Å²) < 4.78 is 26.4. The van der Waals surface area contributed by atoms with Crippen molar-refractivity contribution in [3.8, 4) is 0 Å². The highest BCUT2D eigenvalue weighted by Gasteiger charge is 2.21. The number of sulfonamides is 1. The van der Waals surface area contributed by atoms with Crippen LogP contribution in [0.3, 0.4) is 0 Å². The summed E-state index contributed by atoms with van der Waals surface area (Å²) in [5.41, 5.74) is -0.193. The first-order valence-electron chi connectivity index (χ1n) is 5.87. The summed E-state index contributed by atoms with van der Waals surface area (Å²) >= 11 is 0. The van der Waals surface area contributed by atoms with Crippen molar-refractivity contribution in [2.24, 2.45) is 5.41 Å². The molecule has 0 aromatic carbocycles. The molecule has 0 aliphatic heterocycles. The van der Waals surface area contributed by atoms with Crippen LogP contribution in [0.1, 0.15) is 37.6 Å². The van der Waals surface area contributed by atoms with Gasteiger partial charge < -0.3 is 5.11 Å². The van der Waals surface area contributed by atoms with Crippen molar-refractivity contribution in [3.05, 3.63) is 23.9 Å². The Kier molecular flexibility index (Phi) is 4.65. The smallest absolute Gasteiger partial charge is 0.337 e. The van der Waals surface area contributed by atoms with Crippen molar-refractivity contribution in [1.29, 1.82) is 0 Å². The maximum atomic E-state index is 12.0. The first-order chi connectivity index (χ1) is 8.68. The average molecular weight is 286 g/mol. The van der Waals surface area contributed by atoms with Gasteiger partial charge in [0.1, 0.15) is 0 Å². The molecule has 19 heavy (non-hydrogen) atoms. The van der Waals surface area contributed by atoms with Crippen molar-refractivity contribution in [2.45, 2.75) is 32.2 Å². The number of carboxylic acids is 1. The summed E-state index contributed by atoms with van der Waals surface area (Å²) in [5.74, 6) is -1.14. The Morgan fingerprint density at radius 1 is 1.42 bits per heavy atom. The molecule has 6 nitrogen and oxygen atoms in total. The Morgan fingerprint density at radius 3 is 2.47 bits per heavy atom. The van der Waals surface area contributed by atoms with Crippen LogP contribution in [0.2, 0.25) is 0 Å². The van der Waals surface area contributed by atoms with Crippen molar-refractivity contribution < 1.29 is 18.3 Å². The monoisotopic (exact) mass is 286 g/mol. The molecule has 0 aliphatic rings. The molecular formula is C12H18N2O4S. The summed E-state index contributed by atoms with van der Waals surface area (Å²) in [4.78, 5) is 14.3. The molecule has 0 bridgehead atoms. The average Bonchev–Trinajstić information content (AvgIpc) is 2.37. The fraction of sp³-hybridized carbons (Fsp3) is 0.500. The highest BCUT2D eigenvalue weighted by molar-refractivity contribution is 7.89. The van der Waals surface area contributed by atoms with Crippen molar-refractivity contribution >= 4 is 16.0 Å². The van der Waals surface area contributed by atoms with Gasteiger partial charge in [-0.1, -0.05) is 20.8 Å². The van der Waals surface area contributed by atoms with Gasteiger partial charge >= 0.3 is 5.97 Å². The van der Waals surface area contributed by atoms with Crippen LogP contribution < -0.4 is 4.72 Å². The van der Waals surface area contributed by atoms with Gasteiger partial charge in [-0.25, -0.2) is 22.9 Å². The van der Waals surface area contributed by atoms with Crippen LogP contribution in [0.4, 0.5) is 0 Å². The number of nitrogens with zero attached hydrogens (tertiary/aromatic N) is 1. The van der Waals surface area contributed by atoms with E-state index in [-0.39, 0.29) is 16.0 Å². The van der Waals surface area contributed by atoms with E-state index in [1.807, 2.05) is 20.8 Å². The van der Waals surface area contributed by atoms with Gasteiger partial charge in [0.2, 0.25) is 0 Å². The predicted octanol–water partition coefficient (Wildman–Crippen LogP) is 1.49. The van der Waals surface area contributed by atoms with Gasteiger partial charge in [0.15, 0.2) is 5.03 Å². The Labute approximate surface area is 112 Å². The highest BCUT2D eigenvalue weighted by atomic mass is 32.2. The Balaban J connectivity index is 2.86. The van der Waals surface area contributed by atoms with E-state index in [1.54, 1.807) is 0 Å². The number of carbonyl (C=O) groups is 1. The molecule has 0 saturated carbocycles. The lowest BCUT2D eigenvalue weighted by atomic mass is 9.91. The Bertz CT molecular complexity index is 550. The quantitative estimate of drug-likeness (QED) is 0.826. The molecule has 0 atom stereocenters. The summed E-state index contributed by atoms with van der Waals surface area (Å²) in [6.07, 6.45) is 1.86. The van der Waals surface area contributed by atoms with E-state index in [1.165, 1.54) is 12.1 Å². The third-order valence-electron chi connectivity index (χ3n) is 2.96. The maximum absolute atomic E-state index is 12.0. The molecule has 1 rings (SSSR count). The fourth-order valence-corrected chi connectivity index (χ4v) is 2.32. The third-order valence-corrected chi connectivity index (χ3v) is 4.27. The zero-order valence-electron chi connectivity index (χ0n) is 11.2. The SMILES string of the molecule is CCC(C)(C)CNS(=O)(=O)c1ccc(C(=O)O)cn1. The molecule has 0 aliphatic carbocycles. The van der Waals surface area contributed by atoms with Crippen molar-refractivity contribution in [2.75, 3.05) is 6.54 Å². The second-order valence-electron chi connectivity index (χ2n) is 5.03. The normalized spacial score (nSPS) is 12.4. The maximum Gasteiger partial charge on any atom is 0.337 e. The molecular weight excluding hydrogens is 268 g/mol. The fourth-order valence-electron chi connectivity index (χ4n) is 1.16. The van der Waals surface area contributed by atoms with Crippen LogP contribution in [-0.4, -0.2) is 31.0 Å². The molecule has 7 heteroatoms. The minimum atomic E-state index is -3.70. The Morgan fingerprint density at radius 2 is 2.05 bits per heavy atom. The van der Waals surface area contributed by atoms with Gasteiger partial charge in [-0.15, -0.1) is 0 Å². The molecule has 1 heterocycles. The number of rotatable bonds is 6. The standard InChI is InChI=1S/C12H18N2O4S/c1-4-12(2,3)8-14-19(17,18)10-6-5-9(7-13-10)11(15)16/h5-7,14H,4,8H2,1-3H3,(H,15,16). The molecule has 0 unspecified atom stereocenters. The van der Waals surface area contributed by atoms with E-state index in [0.717, 1.165) is 12.6 Å². The zero-order valence-corrected chi connectivity index (χ0v) is 12.0. The topological polar surface area (TPSA) is 96.4 Å². The number of aromatic carboxylic acids is 1. The molecule has 0 saturated heterocycles. The number of nitrogens with one attached hydrogen (secondary N) is 1. The van der Waals surface area contributed by atoms with Crippen LogP contribution in [-0.2, 0) is 10.0 Å². The zero-order chi connectivity index (χ0) is 14.7. The van der Waals surface area contributed by atoms with Crippen molar-refractivity contribution in [3.63, 3.8) is 0 Å². The molecule has 2 N–H and O–H groups in total. The van der Waals surface area contributed by atoms with E-state index < -0.39 is 16.0 Å². The van der Waals surface area contributed by atoms with Crippen LogP contribution >= 0.6 is 0 Å². The van der Waals surface area contributed by atoms with E-state index >= 15 is 0 Å². The second-order valence-corrected chi connectivity index (χ2v) is 6.75. The van der Waals surface area contributed by atoms with Gasteiger partial charge in [0, 0.05) is 12.7 Å². The van der Waals surface area contributed by atoms with Gasteiger partial charge in [0.05, 0.1) is 5.56 Å². The molecule has 0 radical (unpaired) electrons. The molecule has 106 valence electrons. The molecule has 1 aromatic heterocycles.